The summed E-state index contributed by atoms with van der Waals surface area (Å²) in [5, 5.41) is 4.34. The van der Waals surface area contributed by atoms with Crippen molar-refractivity contribution in [3.63, 3.8) is 0 Å². The lowest BCUT2D eigenvalue weighted by molar-refractivity contribution is 0.0519. The summed E-state index contributed by atoms with van der Waals surface area (Å²) in [5.41, 5.74) is 6.98. The lowest BCUT2D eigenvalue weighted by Crippen LogP contribution is -2.07. The summed E-state index contributed by atoms with van der Waals surface area (Å²) >= 11 is 0. The molecule has 5 aromatic rings. The van der Waals surface area contributed by atoms with Crippen molar-refractivity contribution in [1.82, 2.24) is 19.2 Å². The Bertz CT molecular complexity index is 1420. The number of benzene rings is 2. The molecule has 5 rings (SSSR count). The Morgan fingerprint density at radius 2 is 1.72 bits per heavy atom. The maximum Gasteiger partial charge on any atom is 0.358 e. The van der Waals surface area contributed by atoms with Crippen molar-refractivity contribution < 1.29 is 9.53 Å². The first kappa shape index (κ1) is 19.8. The molecule has 6 heteroatoms. The number of carbonyl (C=O) groups is 1. The van der Waals surface area contributed by atoms with Gasteiger partial charge >= 0.3 is 5.97 Å². The van der Waals surface area contributed by atoms with E-state index in [0.29, 0.717) is 6.61 Å². The summed E-state index contributed by atoms with van der Waals surface area (Å²) in [6, 6.07) is 22.6. The van der Waals surface area contributed by atoms with Crippen LogP contribution in [0, 0.1) is 6.92 Å². The molecule has 158 valence electrons. The van der Waals surface area contributed by atoms with Crippen molar-refractivity contribution in [1.29, 1.82) is 0 Å². The number of ether oxygens (including phenoxy) is 1. The number of esters is 1. The summed E-state index contributed by atoms with van der Waals surface area (Å²) in [4.78, 5) is 16.5. The minimum Gasteiger partial charge on any atom is -0.461 e. The van der Waals surface area contributed by atoms with Crippen LogP contribution in [0.5, 0.6) is 0 Å². The average Bonchev–Trinajstić information content (AvgIpc) is 3.47. The highest BCUT2D eigenvalue weighted by molar-refractivity contribution is 5.87. The molecule has 0 spiro atoms. The van der Waals surface area contributed by atoms with E-state index in [1.54, 1.807) is 30.1 Å². The van der Waals surface area contributed by atoms with Crippen LogP contribution in [0.4, 0.5) is 0 Å². The maximum atomic E-state index is 11.9. The summed E-state index contributed by atoms with van der Waals surface area (Å²) in [5.74, 6) is 0.313. The van der Waals surface area contributed by atoms with Crippen molar-refractivity contribution >= 4 is 11.6 Å². The Morgan fingerprint density at radius 3 is 2.50 bits per heavy atom. The number of aromatic nitrogens is 4. The van der Waals surface area contributed by atoms with Crippen LogP contribution in [0.25, 0.3) is 33.7 Å². The molecule has 0 aliphatic rings. The molecule has 0 atom stereocenters. The van der Waals surface area contributed by atoms with E-state index in [1.807, 2.05) is 16.7 Å². The molecule has 0 radical (unpaired) electrons. The molecule has 3 aromatic heterocycles. The maximum absolute atomic E-state index is 11.9. The van der Waals surface area contributed by atoms with Crippen molar-refractivity contribution in [2.75, 3.05) is 6.61 Å². The Labute approximate surface area is 185 Å². The topological polar surface area (TPSA) is 61.4 Å². The molecular formula is C26H22N4O2. The van der Waals surface area contributed by atoms with Gasteiger partial charge in [0, 0.05) is 12.4 Å². The number of pyridine rings is 1. The van der Waals surface area contributed by atoms with Crippen LogP contribution in [0.2, 0.25) is 0 Å². The van der Waals surface area contributed by atoms with Crippen LogP contribution in [0.1, 0.15) is 23.0 Å². The molecule has 0 bridgehead atoms. The lowest BCUT2D eigenvalue weighted by atomic mass is 9.93. The molecule has 2 aromatic carbocycles. The van der Waals surface area contributed by atoms with Gasteiger partial charge in [-0.05, 0) is 59.9 Å². The Balaban J connectivity index is 1.52. The van der Waals surface area contributed by atoms with Gasteiger partial charge in [-0.2, -0.15) is 5.10 Å². The Hall–Kier alpha value is -4.19. The smallest absolute Gasteiger partial charge is 0.358 e. The zero-order valence-corrected chi connectivity index (χ0v) is 17.9. The number of imidazole rings is 1. The number of fused-ring (bicyclic) bond motifs is 1. The minimum absolute atomic E-state index is 0.270. The molecule has 0 fully saturated rings. The van der Waals surface area contributed by atoms with E-state index < -0.39 is 5.97 Å². The first-order valence-corrected chi connectivity index (χ1v) is 10.5. The fourth-order valence-electron chi connectivity index (χ4n) is 3.95. The van der Waals surface area contributed by atoms with Gasteiger partial charge in [0.2, 0.25) is 0 Å². The first-order valence-electron chi connectivity index (χ1n) is 10.5. The number of nitrogens with zero attached hydrogens (tertiary/aromatic N) is 4. The van der Waals surface area contributed by atoms with Crippen molar-refractivity contribution in [3.8, 4) is 28.1 Å². The third-order valence-electron chi connectivity index (χ3n) is 5.53. The molecule has 0 aliphatic heterocycles. The number of rotatable bonds is 5. The second kappa shape index (κ2) is 8.15. The molecule has 0 amide bonds. The SMILES string of the molecule is CCOC(=O)c1ccn(-c2cnc3cc(-c4cccc(-c5ccccc5)c4C)ccn23)n1. The average molecular weight is 422 g/mol. The zero-order chi connectivity index (χ0) is 22.1. The fourth-order valence-corrected chi connectivity index (χ4v) is 3.95. The van der Waals surface area contributed by atoms with E-state index in [2.05, 4.69) is 71.6 Å². The fraction of sp³-hybridized carbons (Fsp3) is 0.115. The van der Waals surface area contributed by atoms with E-state index in [0.717, 1.165) is 17.0 Å². The quantitative estimate of drug-likeness (QED) is 0.359. The van der Waals surface area contributed by atoms with Crippen molar-refractivity contribution in [2.45, 2.75) is 13.8 Å². The van der Waals surface area contributed by atoms with Gasteiger partial charge < -0.3 is 4.74 Å². The van der Waals surface area contributed by atoms with Crippen molar-refractivity contribution in [3.05, 3.63) is 96.6 Å². The minimum atomic E-state index is -0.434. The standard InChI is InChI=1S/C26H22N4O2/c1-3-32-26(31)23-13-15-30(28-23)25-17-27-24-16-20(12-14-29(24)25)22-11-7-10-21(18(22)2)19-8-5-4-6-9-19/h4-17H,3H2,1-2H3. The molecule has 0 aliphatic carbocycles. The molecule has 0 saturated carbocycles. The van der Waals surface area contributed by atoms with Crippen LogP contribution in [0.3, 0.4) is 0 Å². The summed E-state index contributed by atoms with van der Waals surface area (Å²) in [6.07, 6.45) is 5.46. The van der Waals surface area contributed by atoms with E-state index in [-0.39, 0.29) is 5.69 Å². The normalized spacial score (nSPS) is 11.1. The molecule has 0 N–H and O–H groups in total. The van der Waals surface area contributed by atoms with Gasteiger partial charge in [0.15, 0.2) is 11.5 Å². The molecule has 0 unspecified atom stereocenters. The van der Waals surface area contributed by atoms with E-state index in [9.17, 15) is 4.79 Å². The molecule has 6 nitrogen and oxygen atoms in total. The van der Waals surface area contributed by atoms with Gasteiger partial charge in [-0.15, -0.1) is 0 Å². The Kier molecular flexibility index (Phi) is 5.03. The summed E-state index contributed by atoms with van der Waals surface area (Å²) < 4.78 is 8.60. The van der Waals surface area contributed by atoms with Crippen LogP contribution in [0.15, 0.2) is 85.3 Å². The van der Waals surface area contributed by atoms with Crippen LogP contribution in [-0.4, -0.2) is 31.7 Å². The van der Waals surface area contributed by atoms with Gasteiger partial charge in [-0.25, -0.2) is 14.5 Å². The molecule has 0 saturated heterocycles. The van der Waals surface area contributed by atoms with Gasteiger partial charge in [-0.1, -0.05) is 48.5 Å². The third kappa shape index (κ3) is 3.46. The van der Waals surface area contributed by atoms with Crippen LogP contribution < -0.4 is 0 Å². The predicted octanol–water partition coefficient (Wildman–Crippen LogP) is 5.34. The summed E-state index contributed by atoms with van der Waals surface area (Å²) in [6.45, 7) is 4.24. The van der Waals surface area contributed by atoms with E-state index in [1.165, 1.54) is 22.3 Å². The summed E-state index contributed by atoms with van der Waals surface area (Å²) in [7, 11) is 0. The highest BCUT2D eigenvalue weighted by Crippen LogP contribution is 2.32. The van der Waals surface area contributed by atoms with Gasteiger partial charge in [-0.3, -0.25) is 4.40 Å². The van der Waals surface area contributed by atoms with Crippen molar-refractivity contribution in [2.24, 2.45) is 0 Å². The largest absolute Gasteiger partial charge is 0.461 e. The van der Waals surface area contributed by atoms with E-state index >= 15 is 0 Å². The highest BCUT2D eigenvalue weighted by Gasteiger charge is 2.14. The first-order chi connectivity index (χ1) is 15.7. The predicted molar refractivity (Wildman–Crippen MR) is 124 cm³/mol. The second-order valence-corrected chi connectivity index (χ2v) is 7.47. The van der Waals surface area contributed by atoms with Crippen LogP contribution in [-0.2, 0) is 4.74 Å². The van der Waals surface area contributed by atoms with Gasteiger partial charge in [0.05, 0.1) is 12.8 Å². The molecule has 3 heterocycles. The number of hydrogen-bond acceptors (Lipinski definition) is 4. The van der Waals surface area contributed by atoms with Gasteiger partial charge in [0.1, 0.15) is 5.65 Å². The zero-order valence-electron chi connectivity index (χ0n) is 17.9. The molecular weight excluding hydrogens is 400 g/mol. The third-order valence-corrected chi connectivity index (χ3v) is 5.53. The monoisotopic (exact) mass is 422 g/mol. The lowest BCUT2D eigenvalue weighted by Gasteiger charge is -2.12. The van der Waals surface area contributed by atoms with Crippen LogP contribution >= 0.6 is 0 Å². The Morgan fingerprint density at radius 1 is 0.938 bits per heavy atom. The molecule has 32 heavy (non-hydrogen) atoms. The second-order valence-electron chi connectivity index (χ2n) is 7.47. The van der Waals surface area contributed by atoms with E-state index in [4.69, 9.17) is 4.74 Å². The highest BCUT2D eigenvalue weighted by atomic mass is 16.5. The number of hydrogen-bond donors (Lipinski definition) is 0. The number of carbonyl (C=O) groups excluding carboxylic acids is 1. The van der Waals surface area contributed by atoms with Gasteiger partial charge in [0.25, 0.3) is 0 Å².